The number of nitrogens with one attached hydrogen (secondary N) is 1. The molecule has 0 fully saturated rings. The normalized spacial score (nSPS) is 11.1. The average molecular weight is 313 g/mol. The molecular formula is C11H15N5O4S. The number of aromatic nitrogens is 3. The van der Waals surface area contributed by atoms with Gasteiger partial charge in [-0.05, 0) is 6.26 Å². The van der Waals surface area contributed by atoms with Gasteiger partial charge in [-0.25, -0.2) is 0 Å². The minimum absolute atomic E-state index is 0.0103. The van der Waals surface area contributed by atoms with Gasteiger partial charge in [0.25, 0.3) is 11.5 Å². The lowest BCUT2D eigenvalue weighted by Gasteiger charge is -2.09. The standard InChI is InChI=1S/C11H15N5O4S/c1-21-10-5(7(12)18)6-8(14-11(13)15-9(6)19)16(10)4-20-3-2-17/h17H,2-4H2,1H3,(H2,12,18)(H3,13,14,15,19). The van der Waals surface area contributed by atoms with Crippen molar-refractivity contribution < 1.29 is 14.6 Å². The van der Waals surface area contributed by atoms with Gasteiger partial charge in [0.15, 0.2) is 5.65 Å². The maximum atomic E-state index is 12.0. The molecule has 0 bridgehead atoms. The Bertz CT molecular complexity index is 738. The zero-order valence-electron chi connectivity index (χ0n) is 11.3. The van der Waals surface area contributed by atoms with E-state index in [1.807, 2.05) is 0 Å². The van der Waals surface area contributed by atoms with E-state index in [0.29, 0.717) is 5.03 Å². The van der Waals surface area contributed by atoms with Gasteiger partial charge in [-0.1, -0.05) is 0 Å². The smallest absolute Gasteiger partial charge is 0.262 e. The fourth-order valence-electron chi connectivity index (χ4n) is 2.02. The van der Waals surface area contributed by atoms with Gasteiger partial charge in [-0.2, -0.15) is 4.98 Å². The molecule has 9 nitrogen and oxygen atoms in total. The fraction of sp³-hybridized carbons (Fsp3) is 0.364. The number of rotatable bonds is 6. The van der Waals surface area contributed by atoms with Gasteiger partial charge in [-0.15, -0.1) is 11.8 Å². The largest absolute Gasteiger partial charge is 0.394 e. The van der Waals surface area contributed by atoms with Crippen LogP contribution < -0.4 is 17.0 Å². The number of nitrogen functional groups attached to an aromatic ring is 1. The molecule has 0 saturated heterocycles. The Morgan fingerprint density at radius 2 is 2.29 bits per heavy atom. The van der Waals surface area contributed by atoms with Crippen LogP contribution in [0.15, 0.2) is 9.82 Å². The molecule has 0 radical (unpaired) electrons. The number of hydrogen-bond donors (Lipinski definition) is 4. The quantitative estimate of drug-likeness (QED) is 0.398. The van der Waals surface area contributed by atoms with E-state index in [0.717, 1.165) is 0 Å². The van der Waals surface area contributed by atoms with Crippen LogP contribution in [-0.4, -0.2) is 45.0 Å². The van der Waals surface area contributed by atoms with Crippen molar-refractivity contribution in [2.75, 3.05) is 25.2 Å². The highest BCUT2D eigenvalue weighted by Gasteiger charge is 2.24. The van der Waals surface area contributed by atoms with E-state index >= 15 is 0 Å². The van der Waals surface area contributed by atoms with Crippen LogP contribution in [0.5, 0.6) is 0 Å². The van der Waals surface area contributed by atoms with Crippen molar-refractivity contribution in [1.82, 2.24) is 14.5 Å². The zero-order valence-corrected chi connectivity index (χ0v) is 12.1. The number of ether oxygens (including phenoxy) is 1. The second-order valence-electron chi connectivity index (χ2n) is 4.09. The van der Waals surface area contributed by atoms with E-state index in [4.69, 9.17) is 21.3 Å². The molecule has 10 heteroatoms. The Labute approximate surface area is 123 Å². The SMILES string of the molecule is CSc1c(C(N)=O)c2c(=O)[nH]c(N)nc2n1COCCO. The molecule has 0 atom stereocenters. The third-order valence-corrected chi connectivity index (χ3v) is 3.59. The van der Waals surface area contributed by atoms with Crippen molar-refractivity contribution in [2.24, 2.45) is 5.73 Å². The van der Waals surface area contributed by atoms with Crippen LogP contribution in [0.2, 0.25) is 0 Å². The first kappa shape index (κ1) is 15.4. The van der Waals surface area contributed by atoms with Crippen LogP contribution in [-0.2, 0) is 11.5 Å². The molecule has 0 aliphatic rings. The van der Waals surface area contributed by atoms with E-state index < -0.39 is 11.5 Å². The van der Waals surface area contributed by atoms with Crippen molar-refractivity contribution in [1.29, 1.82) is 0 Å². The van der Waals surface area contributed by atoms with Gasteiger partial charge < -0.3 is 21.3 Å². The van der Waals surface area contributed by atoms with E-state index in [2.05, 4.69) is 9.97 Å². The highest BCUT2D eigenvalue weighted by atomic mass is 32.2. The molecule has 2 rings (SSSR count). The van der Waals surface area contributed by atoms with Crippen LogP contribution in [0, 0.1) is 0 Å². The van der Waals surface area contributed by atoms with E-state index in [1.165, 1.54) is 16.3 Å². The first-order chi connectivity index (χ1) is 10.0. The number of aliphatic hydroxyl groups is 1. The van der Waals surface area contributed by atoms with E-state index in [1.54, 1.807) is 6.26 Å². The summed E-state index contributed by atoms with van der Waals surface area (Å²) in [5, 5.41) is 9.30. The number of anilines is 1. The molecule has 0 aromatic carbocycles. The monoisotopic (exact) mass is 313 g/mol. The molecule has 2 aromatic rings. The summed E-state index contributed by atoms with van der Waals surface area (Å²) in [6, 6.07) is 0. The third-order valence-electron chi connectivity index (χ3n) is 2.78. The molecule has 114 valence electrons. The first-order valence-electron chi connectivity index (χ1n) is 5.95. The van der Waals surface area contributed by atoms with Crippen LogP contribution in [0.1, 0.15) is 10.4 Å². The first-order valence-corrected chi connectivity index (χ1v) is 7.18. The molecule has 2 heterocycles. The number of primary amides is 1. The lowest BCUT2D eigenvalue weighted by Crippen LogP contribution is -2.17. The van der Waals surface area contributed by atoms with Crippen molar-refractivity contribution in [3.63, 3.8) is 0 Å². The van der Waals surface area contributed by atoms with E-state index in [-0.39, 0.29) is 42.5 Å². The summed E-state index contributed by atoms with van der Waals surface area (Å²) in [7, 11) is 0. The minimum atomic E-state index is -0.734. The number of carbonyl (C=O) groups is 1. The summed E-state index contributed by atoms with van der Waals surface area (Å²) in [5.41, 5.74) is 10.7. The topological polar surface area (TPSA) is 149 Å². The molecule has 0 spiro atoms. The van der Waals surface area contributed by atoms with Crippen LogP contribution in [0.4, 0.5) is 5.95 Å². The molecule has 2 aromatic heterocycles. The third kappa shape index (κ3) is 2.73. The van der Waals surface area contributed by atoms with Crippen molar-refractivity contribution in [2.45, 2.75) is 11.8 Å². The molecule has 0 aliphatic carbocycles. The maximum absolute atomic E-state index is 12.0. The summed E-state index contributed by atoms with van der Waals surface area (Å²) < 4.78 is 6.78. The summed E-state index contributed by atoms with van der Waals surface area (Å²) in [6.45, 7) is -0.0267. The summed E-state index contributed by atoms with van der Waals surface area (Å²) in [6.07, 6.45) is 1.74. The molecule has 21 heavy (non-hydrogen) atoms. The highest BCUT2D eigenvalue weighted by Crippen LogP contribution is 2.29. The van der Waals surface area contributed by atoms with Crippen LogP contribution in [0.3, 0.4) is 0 Å². The molecule has 0 aliphatic heterocycles. The van der Waals surface area contributed by atoms with Gasteiger partial charge in [0, 0.05) is 0 Å². The Morgan fingerprint density at radius 3 is 2.86 bits per heavy atom. The van der Waals surface area contributed by atoms with Crippen LogP contribution >= 0.6 is 11.8 Å². The lowest BCUT2D eigenvalue weighted by molar-refractivity contribution is 0.0463. The van der Waals surface area contributed by atoms with Gasteiger partial charge in [0.1, 0.15) is 6.73 Å². The number of aliphatic hydroxyl groups excluding tert-OH is 1. The zero-order chi connectivity index (χ0) is 15.6. The molecule has 0 unspecified atom stereocenters. The number of carbonyl (C=O) groups excluding carboxylic acids is 1. The number of fused-ring (bicyclic) bond motifs is 1. The fourth-order valence-corrected chi connectivity index (χ4v) is 2.78. The van der Waals surface area contributed by atoms with Gasteiger partial charge in [0.05, 0.1) is 29.2 Å². The average Bonchev–Trinajstić information content (AvgIpc) is 2.73. The van der Waals surface area contributed by atoms with E-state index in [9.17, 15) is 9.59 Å². The van der Waals surface area contributed by atoms with Gasteiger partial charge >= 0.3 is 0 Å². The second-order valence-corrected chi connectivity index (χ2v) is 4.88. The number of nitrogens with two attached hydrogens (primary N) is 2. The number of H-pyrrole nitrogens is 1. The van der Waals surface area contributed by atoms with Gasteiger partial charge in [0.2, 0.25) is 5.95 Å². The lowest BCUT2D eigenvalue weighted by atomic mass is 10.2. The minimum Gasteiger partial charge on any atom is -0.394 e. The van der Waals surface area contributed by atoms with Crippen molar-refractivity contribution in [3.05, 3.63) is 15.9 Å². The molecule has 6 N–H and O–H groups in total. The molecular weight excluding hydrogens is 298 g/mol. The summed E-state index contributed by atoms with van der Waals surface area (Å²) in [5.74, 6) is -0.806. The van der Waals surface area contributed by atoms with Crippen molar-refractivity contribution >= 4 is 34.7 Å². The van der Waals surface area contributed by atoms with Crippen molar-refractivity contribution in [3.8, 4) is 0 Å². The Hall–Kier alpha value is -2.04. The highest BCUT2D eigenvalue weighted by molar-refractivity contribution is 7.98. The number of aromatic amines is 1. The number of hydrogen-bond acceptors (Lipinski definition) is 7. The molecule has 0 saturated carbocycles. The Balaban J connectivity index is 2.75. The number of thioether (sulfide) groups is 1. The maximum Gasteiger partial charge on any atom is 0.262 e. The Morgan fingerprint density at radius 1 is 1.57 bits per heavy atom. The predicted molar refractivity (Wildman–Crippen MR) is 78.1 cm³/mol. The summed E-state index contributed by atoms with van der Waals surface area (Å²) >= 11 is 1.23. The summed E-state index contributed by atoms with van der Waals surface area (Å²) in [4.78, 5) is 30.1. The second kappa shape index (κ2) is 6.16. The number of amides is 1. The Kier molecular flexibility index (Phi) is 4.50. The van der Waals surface area contributed by atoms with Crippen LogP contribution in [0.25, 0.3) is 11.0 Å². The number of nitrogens with zero attached hydrogens (tertiary/aromatic N) is 2. The predicted octanol–water partition coefficient (Wildman–Crippen LogP) is -0.906. The molecule has 1 amide bonds. The van der Waals surface area contributed by atoms with Gasteiger partial charge in [-0.3, -0.25) is 19.1 Å².